The summed E-state index contributed by atoms with van der Waals surface area (Å²) < 4.78 is 0. The molecule has 0 aliphatic heterocycles. The van der Waals surface area contributed by atoms with Gasteiger partial charge in [0, 0.05) is 18.1 Å². The van der Waals surface area contributed by atoms with Crippen LogP contribution in [0.3, 0.4) is 0 Å². The number of aliphatic hydroxyl groups is 1. The van der Waals surface area contributed by atoms with Gasteiger partial charge in [-0.3, -0.25) is 19.7 Å². The Hall–Kier alpha value is -3.26. The zero-order valence-corrected chi connectivity index (χ0v) is 13.2. The van der Waals surface area contributed by atoms with Crippen LogP contribution in [0, 0.1) is 10.1 Å². The molecule has 130 valence electrons. The van der Waals surface area contributed by atoms with Gasteiger partial charge in [0.1, 0.15) is 6.04 Å². The normalized spacial score (nSPS) is 12.8. The number of nitrogens with one attached hydrogen (secondary N) is 1. The molecule has 2 rings (SSSR count). The van der Waals surface area contributed by atoms with Crippen molar-refractivity contribution in [2.24, 2.45) is 5.73 Å². The van der Waals surface area contributed by atoms with Gasteiger partial charge >= 0.3 is 0 Å². The molecule has 2 amide bonds. The van der Waals surface area contributed by atoms with E-state index in [2.05, 4.69) is 5.32 Å². The highest BCUT2D eigenvalue weighted by atomic mass is 16.6. The van der Waals surface area contributed by atoms with E-state index in [-0.39, 0.29) is 17.7 Å². The summed E-state index contributed by atoms with van der Waals surface area (Å²) in [5, 5.41) is 23.5. The summed E-state index contributed by atoms with van der Waals surface area (Å²) in [5.41, 5.74) is 5.73. The van der Waals surface area contributed by atoms with Crippen LogP contribution in [0.5, 0.6) is 0 Å². The number of rotatable bonds is 7. The van der Waals surface area contributed by atoms with Crippen LogP contribution in [0.15, 0.2) is 54.6 Å². The van der Waals surface area contributed by atoms with E-state index in [4.69, 9.17) is 5.73 Å². The Labute approximate surface area is 143 Å². The summed E-state index contributed by atoms with van der Waals surface area (Å²) in [4.78, 5) is 34.3. The van der Waals surface area contributed by atoms with Crippen LogP contribution in [-0.2, 0) is 16.0 Å². The summed E-state index contributed by atoms with van der Waals surface area (Å²) in [7, 11) is 0. The van der Waals surface area contributed by atoms with Crippen LogP contribution in [0.4, 0.5) is 5.69 Å². The minimum Gasteiger partial charge on any atom is -0.378 e. The van der Waals surface area contributed by atoms with E-state index < -0.39 is 28.9 Å². The van der Waals surface area contributed by atoms with E-state index in [9.17, 15) is 24.8 Å². The second-order valence-electron chi connectivity index (χ2n) is 5.37. The Kier molecular flexibility index (Phi) is 5.80. The number of para-hydroxylation sites is 1. The van der Waals surface area contributed by atoms with E-state index in [1.54, 1.807) is 36.4 Å². The lowest BCUT2D eigenvalue weighted by atomic mass is 10.0. The number of hydrogen-bond acceptors (Lipinski definition) is 5. The number of nitro benzene ring substituents is 1. The molecule has 0 aliphatic carbocycles. The predicted octanol–water partition coefficient (Wildman–Crippen LogP) is 0.841. The quantitative estimate of drug-likeness (QED) is 0.505. The summed E-state index contributed by atoms with van der Waals surface area (Å²) >= 11 is 0. The van der Waals surface area contributed by atoms with Crippen molar-refractivity contribution < 1.29 is 19.6 Å². The van der Waals surface area contributed by atoms with Gasteiger partial charge in [0.15, 0.2) is 6.10 Å². The van der Waals surface area contributed by atoms with E-state index in [0.717, 1.165) is 0 Å². The minimum absolute atomic E-state index is 0.153. The third kappa shape index (κ3) is 4.61. The Morgan fingerprint density at radius 1 is 1.12 bits per heavy atom. The Morgan fingerprint density at radius 2 is 1.72 bits per heavy atom. The number of carbonyl (C=O) groups excluding carboxylic acids is 2. The predicted molar refractivity (Wildman–Crippen MR) is 89.3 cm³/mol. The molecular formula is C17H17N3O5. The topological polar surface area (TPSA) is 136 Å². The van der Waals surface area contributed by atoms with Crippen LogP contribution in [0.25, 0.3) is 0 Å². The molecule has 0 unspecified atom stereocenters. The van der Waals surface area contributed by atoms with E-state index in [1.807, 2.05) is 0 Å². The van der Waals surface area contributed by atoms with Crippen molar-refractivity contribution in [3.8, 4) is 0 Å². The fourth-order valence-corrected chi connectivity index (χ4v) is 2.34. The fourth-order valence-electron chi connectivity index (χ4n) is 2.34. The lowest BCUT2D eigenvalue weighted by Crippen LogP contribution is -2.47. The molecule has 2 aromatic rings. The monoisotopic (exact) mass is 343 g/mol. The van der Waals surface area contributed by atoms with Gasteiger partial charge in [-0.2, -0.15) is 0 Å². The van der Waals surface area contributed by atoms with Crippen molar-refractivity contribution in [1.82, 2.24) is 5.32 Å². The SMILES string of the molecule is NC(=O)[C@H](Cc1ccccc1[N+](=O)[O-])NC(=O)[C@@H](O)c1ccccc1. The number of nitrogens with zero attached hydrogens (tertiary/aromatic N) is 1. The van der Waals surface area contributed by atoms with Crippen molar-refractivity contribution in [2.75, 3.05) is 0 Å². The fraction of sp³-hybridized carbons (Fsp3) is 0.176. The molecule has 8 heteroatoms. The maximum atomic E-state index is 12.2. The molecule has 0 heterocycles. The maximum absolute atomic E-state index is 12.2. The lowest BCUT2D eigenvalue weighted by Gasteiger charge is -2.18. The molecular weight excluding hydrogens is 326 g/mol. The number of hydrogen-bond donors (Lipinski definition) is 3. The Bertz CT molecular complexity index is 779. The first-order valence-corrected chi connectivity index (χ1v) is 7.45. The Morgan fingerprint density at radius 3 is 2.32 bits per heavy atom. The average Bonchev–Trinajstić information content (AvgIpc) is 2.61. The molecule has 0 bridgehead atoms. The second-order valence-corrected chi connectivity index (χ2v) is 5.37. The highest BCUT2D eigenvalue weighted by Crippen LogP contribution is 2.20. The molecule has 2 atom stereocenters. The highest BCUT2D eigenvalue weighted by molar-refractivity contribution is 5.89. The van der Waals surface area contributed by atoms with Gasteiger partial charge in [0.2, 0.25) is 5.91 Å². The van der Waals surface area contributed by atoms with Crippen LogP contribution in [0.1, 0.15) is 17.2 Å². The average molecular weight is 343 g/mol. The molecule has 0 aliphatic rings. The Balaban J connectivity index is 2.15. The number of nitrogens with two attached hydrogens (primary N) is 1. The van der Waals surface area contributed by atoms with Gasteiger partial charge in [0.05, 0.1) is 4.92 Å². The van der Waals surface area contributed by atoms with E-state index in [1.165, 1.54) is 18.2 Å². The number of carbonyl (C=O) groups is 2. The molecule has 0 fully saturated rings. The molecule has 25 heavy (non-hydrogen) atoms. The van der Waals surface area contributed by atoms with Crippen LogP contribution >= 0.6 is 0 Å². The van der Waals surface area contributed by atoms with Crippen molar-refractivity contribution in [3.05, 3.63) is 75.8 Å². The van der Waals surface area contributed by atoms with E-state index in [0.29, 0.717) is 5.56 Å². The zero-order chi connectivity index (χ0) is 18.4. The molecule has 8 nitrogen and oxygen atoms in total. The molecule has 4 N–H and O–H groups in total. The van der Waals surface area contributed by atoms with Gasteiger partial charge in [0.25, 0.3) is 11.6 Å². The highest BCUT2D eigenvalue weighted by Gasteiger charge is 2.26. The molecule has 0 saturated heterocycles. The smallest absolute Gasteiger partial charge is 0.272 e. The zero-order valence-electron chi connectivity index (χ0n) is 13.2. The molecule has 2 aromatic carbocycles. The maximum Gasteiger partial charge on any atom is 0.272 e. The first-order valence-electron chi connectivity index (χ1n) is 7.45. The first kappa shape index (κ1) is 18.1. The third-order valence-corrected chi connectivity index (χ3v) is 3.64. The number of nitro groups is 1. The van der Waals surface area contributed by atoms with Crippen LogP contribution < -0.4 is 11.1 Å². The van der Waals surface area contributed by atoms with Crippen molar-refractivity contribution in [3.63, 3.8) is 0 Å². The van der Waals surface area contributed by atoms with Crippen molar-refractivity contribution >= 4 is 17.5 Å². The van der Waals surface area contributed by atoms with Gasteiger partial charge in [-0.15, -0.1) is 0 Å². The van der Waals surface area contributed by atoms with Crippen LogP contribution in [0.2, 0.25) is 0 Å². The van der Waals surface area contributed by atoms with Crippen molar-refractivity contribution in [2.45, 2.75) is 18.6 Å². The minimum atomic E-state index is -1.48. The summed E-state index contributed by atoms with van der Waals surface area (Å²) in [6, 6.07) is 12.8. The molecule has 0 radical (unpaired) electrons. The second kappa shape index (κ2) is 8.02. The number of amides is 2. The third-order valence-electron chi connectivity index (χ3n) is 3.64. The summed E-state index contributed by atoms with van der Waals surface area (Å²) in [6.07, 6.45) is -1.63. The largest absolute Gasteiger partial charge is 0.378 e. The lowest BCUT2D eigenvalue weighted by molar-refractivity contribution is -0.385. The van der Waals surface area contributed by atoms with Gasteiger partial charge in [-0.05, 0) is 5.56 Å². The summed E-state index contributed by atoms with van der Waals surface area (Å²) in [6.45, 7) is 0. The number of aliphatic hydroxyl groups excluding tert-OH is 1. The number of benzene rings is 2. The molecule has 0 aromatic heterocycles. The van der Waals surface area contributed by atoms with E-state index >= 15 is 0 Å². The van der Waals surface area contributed by atoms with Gasteiger partial charge < -0.3 is 16.2 Å². The van der Waals surface area contributed by atoms with Gasteiger partial charge in [-0.25, -0.2) is 0 Å². The van der Waals surface area contributed by atoms with Crippen LogP contribution in [-0.4, -0.2) is 27.9 Å². The standard InChI is InChI=1S/C17H17N3O5/c18-16(22)13(10-12-8-4-5-9-14(12)20(24)25)19-17(23)15(21)11-6-2-1-3-7-11/h1-9,13,15,21H,10H2,(H2,18,22)(H,19,23)/t13-,15-/m0/s1. The summed E-state index contributed by atoms with van der Waals surface area (Å²) in [5.74, 6) is -1.67. The first-order chi connectivity index (χ1) is 11.9. The van der Waals surface area contributed by atoms with Crippen molar-refractivity contribution in [1.29, 1.82) is 0 Å². The molecule has 0 spiro atoms. The number of primary amides is 1. The molecule has 0 saturated carbocycles. The van der Waals surface area contributed by atoms with Gasteiger partial charge in [-0.1, -0.05) is 48.5 Å².